The minimum absolute atomic E-state index is 0.117. The average Bonchev–Trinajstić information content (AvgIpc) is 2.43. The molecule has 0 aliphatic carbocycles. The predicted molar refractivity (Wildman–Crippen MR) is 93.1 cm³/mol. The summed E-state index contributed by atoms with van der Waals surface area (Å²) in [4.78, 5) is 12.3. The van der Waals surface area contributed by atoms with Gasteiger partial charge in [-0.15, -0.1) is 0 Å². The molecule has 0 saturated carbocycles. The molecule has 4 nitrogen and oxygen atoms in total. The van der Waals surface area contributed by atoms with Crippen LogP contribution in [0.2, 0.25) is 5.02 Å². The van der Waals surface area contributed by atoms with E-state index in [0.717, 1.165) is 18.2 Å². The van der Waals surface area contributed by atoms with Gasteiger partial charge < -0.3 is 15.7 Å². The number of alkyl halides is 6. The fraction of sp³-hybridized carbons (Fsp3) is 0.500. The van der Waals surface area contributed by atoms with E-state index in [1.807, 2.05) is 0 Å². The number of amides is 1. The van der Waals surface area contributed by atoms with Crippen LogP contribution in [0.1, 0.15) is 19.4 Å². The fourth-order valence-corrected chi connectivity index (χ4v) is 2.22. The maximum absolute atomic E-state index is 12.7. The zero-order valence-electron chi connectivity index (χ0n) is 13.0. The first-order valence-electron chi connectivity index (χ1n) is 6.92. The Morgan fingerprint density at radius 3 is 2.16 bits per heavy atom. The van der Waals surface area contributed by atoms with Crippen molar-refractivity contribution in [2.24, 2.45) is 5.92 Å². The maximum atomic E-state index is 12.7. The quantitative estimate of drug-likeness (QED) is 0.462. The van der Waals surface area contributed by atoms with Crippen molar-refractivity contribution >= 4 is 58.0 Å². The molecule has 1 amide bonds. The van der Waals surface area contributed by atoms with Crippen LogP contribution >= 0.6 is 46.4 Å². The molecule has 0 aliphatic heterocycles. The number of hydrogen-bond acceptors (Lipinski definition) is 3. The molecule has 1 aromatic rings. The molecule has 1 rings (SSSR count). The van der Waals surface area contributed by atoms with Gasteiger partial charge in [0.2, 0.25) is 9.70 Å². The Bertz CT molecular complexity index is 621. The molecule has 3 N–H and O–H groups in total. The van der Waals surface area contributed by atoms with E-state index in [2.05, 4.69) is 10.6 Å². The van der Waals surface area contributed by atoms with Gasteiger partial charge in [-0.2, -0.15) is 13.2 Å². The summed E-state index contributed by atoms with van der Waals surface area (Å²) in [6.45, 7) is 3.36. The van der Waals surface area contributed by atoms with Crippen molar-refractivity contribution < 1.29 is 23.1 Å². The van der Waals surface area contributed by atoms with Crippen molar-refractivity contribution in [1.82, 2.24) is 5.32 Å². The maximum Gasteiger partial charge on any atom is 0.416 e. The monoisotopic (exact) mass is 440 g/mol. The van der Waals surface area contributed by atoms with E-state index < -0.39 is 33.7 Å². The molecule has 2 unspecified atom stereocenters. The predicted octanol–water partition coefficient (Wildman–Crippen LogP) is 4.60. The molecule has 0 saturated heterocycles. The Labute approximate surface area is 162 Å². The van der Waals surface area contributed by atoms with Crippen molar-refractivity contribution in [3.63, 3.8) is 0 Å². The Morgan fingerprint density at radius 1 is 1.20 bits per heavy atom. The van der Waals surface area contributed by atoms with E-state index in [9.17, 15) is 23.1 Å². The summed E-state index contributed by atoms with van der Waals surface area (Å²) in [5.74, 6) is -1.04. The number of carbonyl (C=O) groups is 1. The molecule has 0 spiro atoms. The molecule has 25 heavy (non-hydrogen) atoms. The van der Waals surface area contributed by atoms with E-state index >= 15 is 0 Å². The van der Waals surface area contributed by atoms with E-state index in [1.54, 1.807) is 13.8 Å². The van der Waals surface area contributed by atoms with Crippen molar-refractivity contribution in [3.8, 4) is 0 Å². The first kappa shape index (κ1) is 22.4. The first-order valence-corrected chi connectivity index (χ1v) is 8.43. The summed E-state index contributed by atoms with van der Waals surface area (Å²) < 4.78 is 35.9. The van der Waals surface area contributed by atoms with Gasteiger partial charge in [-0.25, -0.2) is 0 Å². The van der Waals surface area contributed by atoms with Gasteiger partial charge in [-0.05, 0) is 24.1 Å². The van der Waals surface area contributed by atoms with Crippen LogP contribution in [0.25, 0.3) is 0 Å². The van der Waals surface area contributed by atoms with Crippen LogP contribution in [0.3, 0.4) is 0 Å². The molecule has 0 fully saturated rings. The highest BCUT2D eigenvalue weighted by Crippen LogP contribution is 2.34. The summed E-state index contributed by atoms with van der Waals surface area (Å²) in [5, 5.41) is 14.3. The minimum atomic E-state index is -4.54. The Balaban J connectivity index is 2.97. The number of rotatable bonds is 5. The summed E-state index contributed by atoms with van der Waals surface area (Å²) in [6, 6.07) is 1.74. The molecular formula is C14H15Cl4F3N2O2. The van der Waals surface area contributed by atoms with Crippen molar-refractivity contribution in [2.45, 2.75) is 36.1 Å². The lowest BCUT2D eigenvalue weighted by Gasteiger charge is -2.27. The summed E-state index contributed by atoms with van der Waals surface area (Å²) in [6.07, 6.45) is -6.30. The normalized spacial score (nSPS) is 15.0. The van der Waals surface area contributed by atoms with Crippen LogP contribution in [0.5, 0.6) is 0 Å². The largest absolute Gasteiger partial charge is 0.416 e. The molecule has 1 aromatic carbocycles. The van der Waals surface area contributed by atoms with E-state index in [1.165, 1.54) is 0 Å². The van der Waals surface area contributed by atoms with Crippen LogP contribution in [-0.2, 0) is 11.0 Å². The summed E-state index contributed by atoms with van der Waals surface area (Å²) >= 11 is 22.3. The standard InChI is InChI=1S/C14H15Cl4F3N2O2/c1-6(2)10(11(24)23-12(25)13(16,17)18)22-9-4-3-7(5-8(9)15)14(19,20)21/h3-6,10,12,22,25H,1-2H3,(H,23,24). The van der Waals surface area contributed by atoms with Gasteiger partial charge in [0.25, 0.3) is 0 Å². The second kappa shape index (κ2) is 8.39. The zero-order valence-corrected chi connectivity index (χ0v) is 16.0. The van der Waals surface area contributed by atoms with Crippen LogP contribution in [0, 0.1) is 5.92 Å². The second-order valence-corrected chi connectivity index (χ2v) is 8.29. The van der Waals surface area contributed by atoms with E-state index in [0.29, 0.717) is 0 Å². The van der Waals surface area contributed by atoms with Gasteiger partial charge in [-0.3, -0.25) is 4.79 Å². The van der Waals surface area contributed by atoms with Gasteiger partial charge in [0.05, 0.1) is 16.3 Å². The number of carbonyl (C=O) groups excluding carboxylic acids is 1. The Morgan fingerprint density at radius 2 is 1.76 bits per heavy atom. The molecule has 142 valence electrons. The molecule has 0 radical (unpaired) electrons. The third kappa shape index (κ3) is 6.57. The summed E-state index contributed by atoms with van der Waals surface area (Å²) in [7, 11) is 0. The smallest absolute Gasteiger partial charge is 0.372 e. The van der Waals surface area contributed by atoms with Crippen LogP contribution in [-0.4, -0.2) is 27.1 Å². The minimum Gasteiger partial charge on any atom is -0.372 e. The molecular weight excluding hydrogens is 427 g/mol. The summed E-state index contributed by atoms with van der Waals surface area (Å²) in [5.41, 5.74) is -0.799. The average molecular weight is 442 g/mol. The van der Waals surface area contributed by atoms with E-state index in [4.69, 9.17) is 46.4 Å². The first-order chi connectivity index (χ1) is 11.2. The van der Waals surface area contributed by atoms with Crippen LogP contribution < -0.4 is 10.6 Å². The molecule has 0 aliphatic rings. The Hall–Kier alpha value is -0.600. The van der Waals surface area contributed by atoms with Crippen LogP contribution in [0.4, 0.5) is 18.9 Å². The lowest BCUT2D eigenvalue weighted by atomic mass is 10.0. The highest BCUT2D eigenvalue weighted by Gasteiger charge is 2.35. The molecule has 0 heterocycles. The lowest BCUT2D eigenvalue weighted by Crippen LogP contribution is -2.51. The number of aliphatic hydroxyl groups excluding tert-OH is 1. The number of aliphatic hydroxyl groups is 1. The third-order valence-electron chi connectivity index (χ3n) is 3.15. The van der Waals surface area contributed by atoms with Gasteiger partial charge in [0, 0.05) is 0 Å². The number of anilines is 1. The van der Waals surface area contributed by atoms with Gasteiger partial charge >= 0.3 is 6.18 Å². The second-order valence-electron chi connectivity index (χ2n) is 5.51. The molecule has 2 atom stereocenters. The Kier molecular flexibility index (Phi) is 7.53. The molecule has 11 heteroatoms. The van der Waals surface area contributed by atoms with Crippen LogP contribution in [0.15, 0.2) is 18.2 Å². The molecule has 0 aromatic heterocycles. The number of hydrogen-bond donors (Lipinski definition) is 3. The zero-order chi connectivity index (χ0) is 19.6. The highest BCUT2D eigenvalue weighted by molar-refractivity contribution is 6.68. The lowest BCUT2D eigenvalue weighted by molar-refractivity contribution is -0.137. The number of halogens is 7. The number of benzene rings is 1. The third-order valence-corrected chi connectivity index (χ3v) is 4.08. The topological polar surface area (TPSA) is 61.4 Å². The SMILES string of the molecule is CC(C)C(Nc1ccc(C(F)(F)F)cc1Cl)C(=O)NC(O)C(Cl)(Cl)Cl. The van der Waals surface area contributed by atoms with Gasteiger partial charge in [0.15, 0.2) is 6.23 Å². The van der Waals surface area contributed by atoms with Crippen molar-refractivity contribution in [2.75, 3.05) is 5.32 Å². The van der Waals surface area contributed by atoms with Crippen molar-refractivity contribution in [1.29, 1.82) is 0 Å². The highest BCUT2D eigenvalue weighted by atomic mass is 35.6. The fourth-order valence-electron chi connectivity index (χ4n) is 1.82. The van der Waals surface area contributed by atoms with Gasteiger partial charge in [-0.1, -0.05) is 60.3 Å². The van der Waals surface area contributed by atoms with E-state index in [-0.39, 0.29) is 16.6 Å². The molecule has 0 bridgehead atoms. The van der Waals surface area contributed by atoms with Crippen molar-refractivity contribution in [3.05, 3.63) is 28.8 Å². The van der Waals surface area contributed by atoms with Gasteiger partial charge in [0.1, 0.15) is 6.04 Å². The number of nitrogens with one attached hydrogen (secondary N) is 2.